The van der Waals surface area contributed by atoms with E-state index in [1.165, 1.54) is 22.8 Å². The van der Waals surface area contributed by atoms with Gasteiger partial charge in [0.1, 0.15) is 0 Å². The summed E-state index contributed by atoms with van der Waals surface area (Å²) in [7, 11) is 0. The van der Waals surface area contributed by atoms with Gasteiger partial charge in [0, 0.05) is 6.04 Å². The molecule has 1 saturated carbocycles. The number of carbonyl (C=O) groups is 2. The Balaban J connectivity index is 1.53. The molecule has 1 N–H and O–H groups in total. The number of imide groups is 1. The molecule has 5 heteroatoms. The molecule has 2 heterocycles. The molecule has 0 spiro atoms. The van der Waals surface area contributed by atoms with Crippen LogP contribution in [0.5, 0.6) is 0 Å². The van der Waals surface area contributed by atoms with Gasteiger partial charge in [-0.15, -0.1) is 0 Å². The van der Waals surface area contributed by atoms with Gasteiger partial charge in [-0.1, -0.05) is 0 Å². The zero-order valence-corrected chi connectivity index (χ0v) is 10.7. The Morgan fingerprint density at radius 1 is 1.29 bits per heavy atom. The van der Waals surface area contributed by atoms with Crippen LogP contribution in [0.1, 0.15) is 25.7 Å². The highest BCUT2D eigenvalue weighted by molar-refractivity contribution is 7.99. The van der Waals surface area contributed by atoms with Gasteiger partial charge in [-0.2, -0.15) is 11.8 Å². The summed E-state index contributed by atoms with van der Waals surface area (Å²) >= 11 is 1.98. The van der Waals surface area contributed by atoms with Gasteiger partial charge in [0.05, 0.1) is 12.5 Å². The maximum atomic E-state index is 12.0. The van der Waals surface area contributed by atoms with E-state index in [4.69, 9.17) is 0 Å². The Labute approximate surface area is 105 Å². The van der Waals surface area contributed by atoms with Crippen LogP contribution in [0.2, 0.25) is 0 Å². The Morgan fingerprint density at radius 2 is 2.12 bits per heavy atom. The van der Waals surface area contributed by atoms with Gasteiger partial charge in [-0.25, -0.2) is 0 Å². The maximum Gasteiger partial charge on any atom is 0.247 e. The standard InChI is InChI=1S/C12H18N2O2S/c15-11-5-10(12(16)14(11)9-1-2-9)13-6-8-3-4-17-7-8/h8-10,13H,1-7H2. The third kappa shape index (κ3) is 2.36. The molecule has 94 valence electrons. The highest BCUT2D eigenvalue weighted by atomic mass is 32.2. The molecule has 0 aromatic carbocycles. The van der Waals surface area contributed by atoms with Crippen LogP contribution in [-0.4, -0.2) is 46.8 Å². The van der Waals surface area contributed by atoms with Crippen LogP contribution in [0.25, 0.3) is 0 Å². The lowest BCUT2D eigenvalue weighted by molar-refractivity contribution is -0.139. The lowest BCUT2D eigenvalue weighted by atomic mass is 10.1. The minimum absolute atomic E-state index is 0.0168. The SMILES string of the molecule is O=C1CC(NCC2CCSC2)C(=O)N1C1CC1. The van der Waals surface area contributed by atoms with Crippen LogP contribution in [0.15, 0.2) is 0 Å². The summed E-state index contributed by atoms with van der Waals surface area (Å²) in [6.45, 7) is 0.884. The van der Waals surface area contributed by atoms with Crippen LogP contribution in [0.3, 0.4) is 0 Å². The predicted molar refractivity (Wildman–Crippen MR) is 66.7 cm³/mol. The fourth-order valence-corrected chi connectivity index (χ4v) is 3.86. The number of nitrogens with zero attached hydrogens (tertiary/aromatic N) is 1. The zero-order valence-electron chi connectivity index (χ0n) is 9.85. The van der Waals surface area contributed by atoms with E-state index in [9.17, 15) is 9.59 Å². The summed E-state index contributed by atoms with van der Waals surface area (Å²) in [6.07, 6.45) is 3.61. The van der Waals surface area contributed by atoms with Crippen molar-refractivity contribution in [2.24, 2.45) is 5.92 Å². The number of hydrogen-bond donors (Lipinski definition) is 1. The van der Waals surface area contributed by atoms with Crippen molar-refractivity contribution < 1.29 is 9.59 Å². The Kier molecular flexibility index (Phi) is 3.13. The molecule has 3 fully saturated rings. The topological polar surface area (TPSA) is 49.4 Å². The summed E-state index contributed by atoms with van der Waals surface area (Å²) in [4.78, 5) is 25.3. The van der Waals surface area contributed by atoms with E-state index in [0.29, 0.717) is 12.3 Å². The molecular weight excluding hydrogens is 236 g/mol. The van der Waals surface area contributed by atoms with Crippen molar-refractivity contribution in [3.63, 3.8) is 0 Å². The van der Waals surface area contributed by atoms with Crippen molar-refractivity contribution in [3.05, 3.63) is 0 Å². The first-order valence-corrected chi connectivity index (χ1v) is 7.58. The third-order valence-corrected chi connectivity index (χ3v) is 5.00. The molecule has 2 aliphatic heterocycles. The molecule has 0 radical (unpaired) electrons. The van der Waals surface area contributed by atoms with Gasteiger partial charge < -0.3 is 5.32 Å². The normalized spacial score (nSPS) is 33.8. The lowest BCUT2D eigenvalue weighted by Gasteiger charge is -2.16. The number of carbonyl (C=O) groups excluding carboxylic acids is 2. The van der Waals surface area contributed by atoms with Crippen molar-refractivity contribution in [3.8, 4) is 0 Å². The fraction of sp³-hybridized carbons (Fsp3) is 0.833. The first-order valence-electron chi connectivity index (χ1n) is 6.42. The minimum atomic E-state index is -0.242. The second-order valence-corrected chi connectivity index (χ2v) is 6.38. The van der Waals surface area contributed by atoms with Gasteiger partial charge in [-0.3, -0.25) is 14.5 Å². The molecule has 2 amide bonds. The summed E-state index contributed by atoms with van der Waals surface area (Å²) in [6, 6.07) is -0.0162. The molecule has 0 aromatic rings. The third-order valence-electron chi connectivity index (χ3n) is 3.77. The van der Waals surface area contributed by atoms with E-state index in [-0.39, 0.29) is 23.9 Å². The highest BCUT2D eigenvalue weighted by Crippen LogP contribution is 2.31. The van der Waals surface area contributed by atoms with E-state index in [1.807, 2.05) is 11.8 Å². The second kappa shape index (κ2) is 4.61. The molecule has 2 atom stereocenters. The van der Waals surface area contributed by atoms with Crippen LogP contribution < -0.4 is 5.32 Å². The van der Waals surface area contributed by atoms with Crippen molar-refractivity contribution in [1.29, 1.82) is 0 Å². The number of hydrogen-bond acceptors (Lipinski definition) is 4. The monoisotopic (exact) mass is 254 g/mol. The molecule has 0 aromatic heterocycles. The summed E-state index contributed by atoms with van der Waals surface area (Å²) in [5.41, 5.74) is 0. The van der Waals surface area contributed by atoms with E-state index in [0.717, 1.165) is 19.4 Å². The molecule has 0 bridgehead atoms. The van der Waals surface area contributed by atoms with E-state index in [1.54, 1.807) is 0 Å². The lowest BCUT2D eigenvalue weighted by Crippen LogP contribution is -2.41. The van der Waals surface area contributed by atoms with Gasteiger partial charge in [-0.05, 0) is 43.2 Å². The highest BCUT2D eigenvalue weighted by Gasteiger charge is 2.45. The molecular formula is C12H18N2O2S. The van der Waals surface area contributed by atoms with Gasteiger partial charge in [0.15, 0.2) is 0 Å². The molecule has 4 nitrogen and oxygen atoms in total. The van der Waals surface area contributed by atoms with Gasteiger partial charge in [0.25, 0.3) is 0 Å². The Morgan fingerprint density at radius 3 is 2.76 bits per heavy atom. The summed E-state index contributed by atoms with van der Waals surface area (Å²) in [5, 5.41) is 3.29. The average molecular weight is 254 g/mol. The van der Waals surface area contributed by atoms with Gasteiger partial charge >= 0.3 is 0 Å². The number of thioether (sulfide) groups is 1. The number of rotatable bonds is 4. The van der Waals surface area contributed by atoms with Crippen molar-refractivity contribution >= 4 is 23.6 Å². The van der Waals surface area contributed by atoms with E-state index < -0.39 is 0 Å². The molecule has 3 aliphatic rings. The number of nitrogens with one attached hydrogen (secondary N) is 1. The maximum absolute atomic E-state index is 12.0. The van der Waals surface area contributed by atoms with Crippen LogP contribution in [0.4, 0.5) is 0 Å². The van der Waals surface area contributed by atoms with E-state index in [2.05, 4.69) is 5.32 Å². The number of amides is 2. The molecule has 17 heavy (non-hydrogen) atoms. The first-order chi connectivity index (χ1) is 8.25. The predicted octanol–water partition coefficient (Wildman–Crippen LogP) is 0.619. The quantitative estimate of drug-likeness (QED) is 0.747. The van der Waals surface area contributed by atoms with Crippen molar-refractivity contribution in [2.45, 2.75) is 37.8 Å². The average Bonchev–Trinajstić information content (AvgIpc) is 2.90. The summed E-state index contributed by atoms with van der Waals surface area (Å²) < 4.78 is 0. The van der Waals surface area contributed by atoms with Crippen LogP contribution in [-0.2, 0) is 9.59 Å². The second-order valence-electron chi connectivity index (χ2n) is 5.23. The fourth-order valence-electron chi connectivity index (χ4n) is 2.58. The minimum Gasteiger partial charge on any atom is -0.305 e. The largest absolute Gasteiger partial charge is 0.305 e. The van der Waals surface area contributed by atoms with Crippen LogP contribution in [0, 0.1) is 5.92 Å². The number of likely N-dealkylation sites (tertiary alicyclic amines) is 1. The van der Waals surface area contributed by atoms with Crippen LogP contribution >= 0.6 is 11.8 Å². The Bertz CT molecular complexity index is 337. The van der Waals surface area contributed by atoms with E-state index >= 15 is 0 Å². The molecule has 1 aliphatic carbocycles. The first kappa shape index (κ1) is 11.5. The Hall–Kier alpha value is -0.550. The zero-order chi connectivity index (χ0) is 11.8. The van der Waals surface area contributed by atoms with Crippen molar-refractivity contribution in [1.82, 2.24) is 10.2 Å². The molecule has 3 rings (SSSR count). The van der Waals surface area contributed by atoms with Crippen molar-refractivity contribution in [2.75, 3.05) is 18.1 Å². The molecule has 2 saturated heterocycles. The van der Waals surface area contributed by atoms with Gasteiger partial charge in [0.2, 0.25) is 11.8 Å². The molecule has 2 unspecified atom stereocenters. The smallest absolute Gasteiger partial charge is 0.247 e. The summed E-state index contributed by atoms with van der Waals surface area (Å²) in [5.74, 6) is 3.14.